The van der Waals surface area contributed by atoms with Crippen LogP contribution in [0.15, 0.2) is 0 Å². The second kappa shape index (κ2) is 50.5. The molecule has 0 bridgehead atoms. The number of unbranched alkanes of at least 4 members (excludes halogenated alkanes) is 3. The predicted octanol–water partition coefficient (Wildman–Crippen LogP) is 10.2. The van der Waals surface area contributed by atoms with E-state index in [-0.39, 0.29) is 42.7 Å². The highest BCUT2D eigenvalue weighted by atomic mass is 28.5. The van der Waals surface area contributed by atoms with Crippen LogP contribution in [0.25, 0.3) is 0 Å². The molecule has 2 atom stereocenters. The lowest BCUT2D eigenvalue weighted by Gasteiger charge is -2.38. The lowest BCUT2D eigenvalue weighted by atomic mass is 9.89. The highest BCUT2D eigenvalue weighted by molar-refractivity contribution is 6.87. The predicted molar refractivity (Wildman–Crippen MR) is 286 cm³/mol. The lowest BCUT2D eigenvalue weighted by Crippen LogP contribution is -2.52. The molecule has 0 radical (unpaired) electrons. The van der Waals surface area contributed by atoms with Crippen LogP contribution in [0.4, 0.5) is 0 Å². The fourth-order valence-corrected chi connectivity index (χ4v) is 20.2. The Morgan fingerprint density at radius 1 is 0.600 bits per heavy atom. The molecule has 404 valence electrons. The first kappa shape index (κ1) is 76.6. The average Bonchev–Trinajstić information content (AvgIpc) is 3.99. The van der Waals surface area contributed by atoms with Crippen molar-refractivity contribution < 1.29 is 57.4 Å². The van der Waals surface area contributed by atoms with Crippen molar-refractivity contribution in [2.75, 3.05) is 132 Å². The van der Waals surface area contributed by atoms with Crippen molar-refractivity contribution in [2.24, 2.45) is 11.1 Å². The summed E-state index contributed by atoms with van der Waals surface area (Å²) in [6.45, 7) is 36.9. The molecule has 0 spiro atoms. The van der Waals surface area contributed by atoms with E-state index in [4.69, 9.17) is 56.6 Å². The highest BCUT2D eigenvalue weighted by Gasteiger charge is 2.39. The molecule has 2 unspecified atom stereocenters. The van der Waals surface area contributed by atoms with Gasteiger partial charge in [-0.2, -0.15) is 0 Å². The van der Waals surface area contributed by atoms with E-state index in [2.05, 4.69) is 79.2 Å². The summed E-state index contributed by atoms with van der Waals surface area (Å²) in [6.07, 6.45) is 8.73. The van der Waals surface area contributed by atoms with E-state index in [1.165, 1.54) is 24.9 Å². The Labute approximate surface area is 409 Å². The summed E-state index contributed by atoms with van der Waals surface area (Å²) < 4.78 is 61.1. The monoisotopic (exact) mass is 999 g/mol. The standard InChI is InChI=1S/C17H34O7.C14H38N2O2Si3.C13H28O3.4CH4.H2/c1-2-3-4-18-5-6-19-7-8-20-9-10-21-11-12-22-13-14-23-15-17-16-24-17;1-16-12-10-14-20(4,5)18-21(6,7)17-19(2,3)13-9-8-11-15;1-5-6-7-15-8-9-16-11-12(14)10-13(2,3)4;;;;;/h17H,2-16H2,1H3;16H,8-15H2,1-7H3;12,14H,5-11H2,1-4H3;4*1H4;1H. The molecule has 1 rings (SSSR count). The molecule has 0 amide bonds. The van der Waals surface area contributed by atoms with Gasteiger partial charge in [0.05, 0.1) is 105 Å². The van der Waals surface area contributed by atoms with Crippen molar-refractivity contribution in [2.45, 2.75) is 179 Å². The molecule has 0 aliphatic carbocycles. The van der Waals surface area contributed by atoms with Gasteiger partial charge in [0, 0.05) is 14.6 Å². The average molecular weight is 1000 g/mol. The fraction of sp³-hybridized carbons (Fsp3) is 1.00. The molecule has 17 heteroatoms. The zero-order chi connectivity index (χ0) is 46.1. The molecule has 0 aromatic heterocycles. The topological polar surface area (TPSA) is 163 Å². The number of nitrogens with one attached hydrogen (secondary N) is 1. The van der Waals surface area contributed by atoms with Crippen LogP contribution in [0.3, 0.4) is 0 Å². The summed E-state index contributed by atoms with van der Waals surface area (Å²) >= 11 is 0. The summed E-state index contributed by atoms with van der Waals surface area (Å²) in [5.41, 5.74) is 5.74. The van der Waals surface area contributed by atoms with Crippen LogP contribution in [0.5, 0.6) is 0 Å². The first-order chi connectivity index (χ1) is 28.9. The third kappa shape index (κ3) is 64.1. The number of aliphatic hydroxyl groups is 1. The van der Waals surface area contributed by atoms with Gasteiger partial charge in [-0.25, -0.2) is 0 Å². The van der Waals surface area contributed by atoms with E-state index < -0.39 is 25.2 Å². The fourth-order valence-electron chi connectivity index (χ4n) is 6.02. The quantitative estimate of drug-likeness (QED) is 0.0301. The summed E-state index contributed by atoms with van der Waals surface area (Å²) in [5, 5.41) is 12.9. The van der Waals surface area contributed by atoms with Gasteiger partial charge in [0.15, 0.2) is 16.6 Å². The molecule has 14 nitrogen and oxygen atoms in total. The Morgan fingerprint density at radius 3 is 1.32 bits per heavy atom. The second-order valence-corrected chi connectivity index (χ2v) is 31.0. The van der Waals surface area contributed by atoms with Gasteiger partial charge in [-0.15, -0.1) is 0 Å². The van der Waals surface area contributed by atoms with Gasteiger partial charge >= 0.3 is 8.56 Å². The SMILES string of the molecule is C.C.C.C.CCCCOCCOCC(O)CC(C)(C)C.CCCCOCCOCCOCCOCCOCCOCC1CO1.CNCCC[Si](C)(C)O[Si](C)(C)O[Si](C)(C)CCCCN.[HH]. The van der Waals surface area contributed by atoms with Crippen LogP contribution >= 0.6 is 0 Å². The van der Waals surface area contributed by atoms with Gasteiger partial charge in [0.1, 0.15) is 6.10 Å². The number of aliphatic hydroxyl groups excluding tert-OH is 1. The first-order valence-electron chi connectivity index (χ1n) is 23.6. The Kier molecular flexibility index (Phi) is 59.5. The van der Waals surface area contributed by atoms with Gasteiger partial charge < -0.3 is 67.0 Å². The summed E-state index contributed by atoms with van der Waals surface area (Å²) in [5.74, 6) is 0. The maximum atomic E-state index is 9.66. The number of hydrogen-bond acceptors (Lipinski definition) is 14. The Morgan fingerprint density at radius 2 is 0.969 bits per heavy atom. The number of rotatable bonds is 41. The van der Waals surface area contributed by atoms with Crippen molar-refractivity contribution in [3.05, 3.63) is 0 Å². The molecule has 0 saturated carbocycles. The van der Waals surface area contributed by atoms with Crippen molar-refractivity contribution in [1.82, 2.24) is 5.32 Å². The second-order valence-electron chi connectivity index (χ2n) is 18.5. The molecule has 1 heterocycles. The summed E-state index contributed by atoms with van der Waals surface area (Å²) in [4.78, 5) is 0. The first-order valence-corrected chi connectivity index (χ1v) is 32.6. The molecular weight excluding hydrogens is 881 g/mol. The molecule has 1 saturated heterocycles. The van der Waals surface area contributed by atoms with Gasteiger partial charge in [-0.1, -0.05) is 83.6 Å². The van der Waals surface area contributed by atoms with Crippen molar-refractivity contribution in [3.63, 3.8) is 0 Å². The molecule has 4 N–H and O–H groups in total. The van der Waals surface area contributed by atoms with Crippen LogP contribution in [-0.2, 0) is 50.9 Å². The van der Waals surface area contributed by atoms with E-state index in [0.717, 1.165) is 71.4 Å². The number of epoxide rings is 1. The summed E-state index contributed by atoms with van der Waals surface area (Å²) in [7, 11) is -3.25. The molecule has 0 aromatic carbocycles. The molecule has 1 aliphatic heterocycles. The van der Waals surface area contributed by atoms with E-state index >= 15 is 0 Å². The van der Waals surface area contributed by atoms with Crippen molar-refractivity contribution in [3.8, 4) is 0 Å². The van der Waals surface area contributed by atoms with Gasteiger partial charge in [-0.05, 0) is 109 Å². The molecule has 0 aromatic rings. The minimum atomic E-state index is -2.02. The smallest absolute Gasteiger partial charge is 0.311 e. The molecule has 65 heavy (non-hydrogen) atoms. The number of ether oxygens (including phenoxy) is 9. The third-order valence-electron chi connectivity index (χ3n) is 8.86. The largest absolute Gasteiger partial charge is 0.437 e. The summed E-state index contributed by atoms with van der Waals surface area (Å²) in [6, 6.07) is 2.38. The van der Waals surface area contributed by atoms with Crippen molar-refractivity contribution in [1.29, 1.82) is 0 Å². The zero-order valence-corrected chi connectivity index (χ0v) is 44.7. The minimum absolute atomic E-state index is 0. The van der Waals surface area contributed by atoms with Gasteiger partial charge in [0.2, 0.25) is 0 Å². The van der Waals surface area contributed by atoms with Gasteiger partial charge in [0.25, 0.3) is 0 Å². The third-order valence-corrected chi connectivity index (χ3v) is 20.3. The van der Waals surface area contributed by atoms with Crippen LogP contribution in [0.2, 0.25) is 51.4 Å². The Bertz CT molecular complexity index is 903. The lowest BCUT2D eigenvalue weighted by molar-refractivity contribution is -0.0173. The number of nitrogens with two attached hydrogens (primary N) is 1. The molecule has 1 fully saturated rings. The van der Waals surface area contributed by atoms with Crippen molar-refractivity contribution >= 4 is 25.2 Å². The highest BCUT2D eigenvalue weighted by Crippen LogP contribution is 2.26. The van der Waals surface area contributed by atoms with Crippen LogP contribution in [0, 0.1) is 5.41 Å². The van der Waals surface area contributed by atoms with E-state index in [9.17, 15) is 5.11 Å². The van der Waals surface area contributed by atoms with E-state index in [1.54, 1.807) is 0 Å². The maximum absolute atomic E-state index is 9.66. The number of hydrogen-bond donors (Lipinski definition) is 3. The maximum Gasteiger partial charge on any atom is 0.311 e. The van der Waals surface area contributed by atoms with Crippen LogP contribution < -0.4 is 11.1 Å². The van der Waals surface area contributed by atoms with Crippen LogP contribution in [0.1, 0.15) is 117 Å². The molecular formula is C48H118N2O12Si3. The van der Waals surface area contributed by atoms with Crippen LogP contribution in [-0.4, -0.2) is 175 Å². The van der Waals surface area contributed by atoms with Gasteiger partial charge in [-0.3, -0.25) is 0 Å². The zero-order valence-electron chi connectivity index (χ0n) is 41.7. The van der Waals surface area contributed by atoms with E-state index in [0.29, 0.717) is 98.6 Å². The molecule has 1 aliphatic rings. The van der Waals surface area contributed by atoms with E-state index in [1.807, 2.05) is 7.05 Å². The minimum Gasteiger partial charge on any atom is -0.437 e. The Hall–Kier alpha value is 0.0906. The Balaban J connectivity index is -0.000000155. The normalized spacial score (nSPS) is 14.0.